The summed E-state index contributed by atoms with van der Waals surface area (Å²) in [6.45, 7) is 11.4. The Morgan fingerprint density at radius 3 is 1.62 bits per heavy atom. The largest absolute Gasteiger partial charge is 0.444 e. The highest BCUT2D eigenvalue weighted by Crippen LogP contribution is 2.26. The van der Waals surface area contributed by atoms with Crippen molar-refractivity contribution in [1.82, 2.24) is 25.5 Å². The smallest absolute Gasteiger partial charge is 0.407 e. The summed E-state index contributed by atoms with van der Waals surface area (Å²) in [5, 5.41) is 6.30. The molecular formula is C37H49N5O4S2. The summed E-state index contributed by atoms with van der Waals surface area (Å²) in [4.78, 5) is 38.4. The van der Waals surface area contributed by atoms with Gasteiger partial charge in [0.1, 0.15) is 13.2 Å². The van der Waals surface area contributed by atoms with Gasteiger partial charge in [0.05, 0.1) is 20.8 Å². The number of benzene rings is 2. The molecule has 0 aliphatic rings. The summed E-state index contributed by atoms with van der Waals surface area (Å²) in [6, 6.07) is 19.9. The molecule has 0 aliphatic heterocycles. The van der Waals surface area contributed by atoms with Gasteiger partial charge in [-0.05, 0) is 54.7 Å². The second kappa shape index (κ2) is 19.3. The van der Waals surface area contributed by atoms with Gasteiger partial charge in [0.15, 0.2) is 0 Å². The number of amides is 2. The number of carbonyl (C=O) groups is 2. The highest BCUT2D eigenvalue weighted by Gasteiger charge is 2.24. The molecule has 2 aromatic carbocycles. The van der Waals surface area contributed by atoms with E-state index >= 15 is 0 Å². The first kappa shape index (κ1) is 37.0. The van der Waals surface area contributed by atoms with E-state index in [1.165, 1.54) is 22.7 Å². The molecule has 48 heavy (non-hydrogen) atoms. The van der Waals surface area contributed by atoms with E-state index in [1.807, 2.05) is 36.4 Å². The van der Waals surface area contributed by atoms with Crippen LogP contribution in [0.4, 0.5) is 9.59 Å². The zero-order valence-electron chi connectivity index (χ0n) is 28.5. The first-order chi connectivity index (χ1) is 23.1. The van der Waals surface area contributed by atoms with Crippen LogP contribution in [0.1, 0.15) is 61.4 Å². The summed E-state index contributed by atoms with van der Waals surface area (Å²) in [6.07, 6.45) is 5.86. The van der Waals surface area contributed by atoms with Gasteiger partial charge in [-0.15, -0.1) is 22.7 Å². The predicted molar refractivity (Wildman–Crippen MR) is 193 cm³/mol. The van der Waals surface area contributed by atoms with Crippen molar-refractivity contribution in [3.63, 3.8) is 0 Å². The minimum Gasteiger partial charge on any atom is -0.444 e. The molecule has 2 N–H and O–H groups in total. The van der Waals surface area contributed by atoms with Gasteiger partial charge in [0, 0.05) is 37.6 Å². The van der Waals surface area contributed by atoms with Gasteiger partial charge >= 0.3 is 12.2 Å². The molecule has 258 valence electrons. The van der Waals surface area contributed by atoms with Crippen LogP contribution in [0, 0.1) is 11.3 Å². The number of rotatable bonds is 18. The van der Waals surface area contributed by atoms with Crippen molar-refractivity contribution in [1.29, 1.82) is 0 Å². The summed E-state index contributed by atoms with van der Waals surface area (Å²) in [5.74, 6) is 0.502. The predicted octanol–water partition coefficient (Wildman–Crippen LogP) is 7.74. The maximum atomic E-state index is 13.1. The third-order valence-electron chi connectivity index (χ3n) is 7.81. The van der Waals surface area contributed by atoms with Crippen LogP contribution < -0.4 is 10.6 Å². The molecule has 2 heterocycles. The maximum Gasteiger partial charge on any atom is 0.407 e. The topological polar surface area (TPSA) is 106 Å². The van der Waals surface area contributed by atoms with Crippen LogP contribution in [0.15, 0.2) is 84.1 Å². The van der Waals surface area contributed by atoms with Crippen molar-refractivity contribution in [2.45, 2.75) is 78.7 Å². The van der Waals surface area contributed by atoms with E-state index < -0.39 is 12.2 Å². The monoisotopic (exact) mass is 691 g/mol. The lowest BCUT2D eigenvalue weighted by Crippen LogP contribution is -2.51. The third kappa shape index (κ3) is 14.5. The second-order valence-corrected chi connectivity index (χ2v) is 15.5. The Hall–Kier alpha value is -3.80. The molecule has 3 atom stereocenters. The normalized spacial score (nSPS) is 13.4. The van der Waals surface area contributed by atoms with Crippen LogP contribution in [-0.2, 0) is 35.5 Å². The SMILES string of the molecule is CC(CCN(C[C@@H](Cc1ccccc1)NC(=O)OCc1cncs1)C[C@@H](Cc1ccccc1)NC(=O)OCc1cncs1)CC(C)(C)C. The minimum absolute atomic E-state index is 0.176. The number of thiazole rings is 2. The highest BCUT2D eigenvalue weighted by molar-refractivity contribution is 7.09. The number of alkyl carbamates (subject to hydrolysis) is 2. The van der Waals surface area contributed by atoms with Gasteiger partial charge < -0.3 is 20.1 Å². The molecule has 9 nitrogen and oxygen atoms in total. The van der Waals surface area contributed by atoms with Crippen molar-refractivity contribution >= 4 is 34.9 Å². The van der Waals surface area contributed by atoms with Crippen LogP contribution >= 0.6 is 22.7 Å². The molecular weight excluding hydrogens is 643 g/mol. The number of nitrogens with zero attached hydrogens (tertiary/aromatic N) is 3. The van der Waals surface area contributed by atoms with Gasteiger partial charge in [0.2, 0.25) is 0 Å². The Bertz CT molecular complexity index is 1360. The summed E-state index contributed by atoms with van der Waals surface area (Å²) in [5.41, 5.74) is 5.92. The van der Waals surface area contributed by atoms with E-state index in [0.717, 1.165) is 40.3 Å². The highest BCUT2D eigenvalue weighted by atomic mass is 32.1. The van der Waals surface area contributed by atoms with Gasteiger partial charge in [-0.3, -0.25) is 14.9 Å². The van der Waals surface area contributed by atoms with E-state index in [0.29, 0.717) is 31.8 Å². The Labute approximate surface area is 293 Å². The molecule has 0 bridgehead atoms. The van der Waals surface area contributed by atoms with Gasteiger partial charge in [-0.2, -0.15) is 0 Å². The fourth-order valence-electron chi connectivity index (χ4n) is 5.87. The number of hydrogen-bond donors (Lipinski definition) is 2. The van der Waals surface area contributed by atoms with E-state index in [-0.39, 0.29) is 30.7 Å². The van der Waals surface area contributed by atoms with Crippen molar-refractivity contribution in [2.24, 2.45) is 11.3 Å². The molecule has 0 fully saturated rings. The van der Waals surface area contributed by atoms with Crippen molar-refractivity contribution in [3.8, 4) is 0 Å². The first-order valence-corrected chi connectivity index (χ1v) is 18.3. The van der Waals surface area contributed by atoms with Gasteiger partial charge in [-0.25, -0.2) is 9.59 Å². The summed E-state index contributed by atoms with van der Waals surface area (Å²) < 4.78 is 11.2. The molecule has 0 radical (unpaired) electrons. The molecule has 0 spiro atoms. The Balaban J connectivity index is 1.52. The fourth-order valence-corrected chi connectivity index (χ4v) is 6.88. The number of ether oxygens (including phenoxy) is 2. The average molecular weight is 692 g/mol. The lowest BCUT2D eigenvalue weighted by atomic mass is 9.84. The molecule has 1 unspecified atom stereocenters. The minimum atomic E-state index is -0.462. The molecule has 11 heteroatoms. The Morgan fingerprint density at radius 2 is 1.23 bits per heavy atom. The molecule has 2 aromatic heterocycles. The third-order valence-corrected chi connectivity index (χ3v) is 9.31. The van der Waals surface area contributed by atoms with E-state index in [9.17, 15) is 9.59 Å². The van der Waals surface area contributed by atoms with Gasteiger partial charge in [-0.1, -0.05) is 88.4 Å². The summed E-state index contributed by atoms with van der Waals surface area (Å²) in [7, 11) is 0. The van der Waals surface area contributed by atoms with Crippen molar-refractivity contribution in [2.75, 3.05) is 19.6 Å². The molecule has 0 saturated carbocycles. The average Bonchev–Trinajstić information content (AvgIpc) is 3.77. The number of hydrogen-bond acceptors (Lipinski definition) is 9. The first-order valence-electron chi connectivity index (χ1n) is 16.5. The van der Waals surface area contributed by atoms with E-state index in [2.05, 4.69) is 77.5 Å². The van der Waals surface area contributed by atoms with Crippen LogP contribution in [-0.4, -0.2) is 58.8 Å². The van der Waals surface area contributed by atoms with Crippen LogP contribution in [0.25, 0.3) is 0 Å². The quantitative estimate of drug-likeness (QED) is 0.110. The zero-order valence-corrected chi connectivity index (χ0v) is 30.1. The maximum absolute atomic E-state index is 13.1. The van der Waals surface area contributed by atoms with Crippen LogP contribution in [0.3, 0.4) is 0 Å². The zero-order chi connectivity index (χ0) is 34.2. The molecule has 2 amide bonds. The Kier molecular flexibility index (Phi) is 14.9. The fraction of sp³-hybridized carbons (Fsp3) is 0.459. The molecule has 4 aromatic rings. The second-order valence-electron chi connectivity index (χ2n) is 13.6. The number of aromatic nitrogens is 2. The lowest BCUT2D eigenvalue weighted by molar-refractivity contribution is 0.125. The van der Waals surface area contributed by atoms with Crippen LogP contribution in [0.5, 0.6) is 0 Å². The standard InChI is InChI=1S/C37H49N5O4S2/c1-28(19-37(2,3)4)15-16-42(22-31(17-29-11-7-5-8-12-29)40-35(43)45-24-33-20-38-26-47-33)23-32(18-30-13-9-6-10-14-30)41-36(44)46-25-34-21-39-27-48-34/h5-14,20-21,26-28,31-32H,15-19,22-25H2,1-4H3,(H,40,43)(H,41,44)/t28?,31-,32-/m1/s1. The Morgan fingerprint density at radius 1 is 0.771 bits per heavy atom. The van der Waals surface area contributed by atoms with Gasteiger partial charge in [0.25, 0.3) is 0 Å². The van der Waals surface area contributed by atoms with E-state index in [1.54, 1.807) is 23.4 Å². The lowest BCUT2D eigenvalue weighted by Gasteiger charge is -2.33. The molecule has 4 rings (SSSR count). The molecule has 0 saturated heterocycles. The number of carbonyl (C=O) groups excluding carboxylic acids is 2. The van der Waals surface area contributed by atoms with Crippen molar-refractivity contribution < 1.29 is 19.1 Å². The van der Waals surface area contributed by atoms with Crippen LogP contribution in [0.2, 0.25) is 0 Å². The van der Waals surface area contributed by atoms with E-state index in [4.69, 9.17) is 9.47 Å². The number of nitrogens with one attached hydrogen (secondary N) is 2. The van der Waals surface area contributed by atoms with Crippen molar-refractivity contribution in [3.05, 3.63) is 105 Å². The molecule has 0 aliphatic carbocycles. The summed E-state index contributed by atoms with van der Waals surface area (Å²) >= 11 is 2.91.